The van der Waals surface area contributed by atoms with Crippen LogP contribution in [0.15, 0.2) is 46.9 Å². The summed E-state index contributed by atoms with van der Waals surface area (Å²) >= 11 is 9.65. The first-order chi connectivity index (χ1) is 10.0. The van der Waals surface area contributed by atoms with Crippen LogP contribution in [0.4, 0.5) is 5.69 Å². The molecule has 4 heteroatoms. The molecule has 0 amide bonds. The summed E-state index contributed by atoms with van der Waals surface area (Å²) in [5.41, 5.74) is 2.08. The Morgan fingerprint density at radius 3 is 2.76 bits per heavy atom. The quantitative estimate of drug-likeness (QED) is 0.701. The minimum Gasteiger partial charge on any atom is -0.493 e. The molecule has 2 aromatic rings. The van der Waals surface area contributed by atoms with E-state index in [1.54, 1.807) is 0 Å². The van der Waals surface area contributed by atoms with Gasteiger partial charge in [0.25, 0.3) is 0 Å². The van der Waals surface area contributed by atoms with E-state index in [0.717, 1.165) is 33.1 Å². The van der Waals surface area contributed by atoms with E-state index < -0.39 is 0 Å². The van der Waals surface area contributed by atoms with Crippen LogP contribution in [0.25, 0.3) is 0 Å². The van der Waals surface area contributed by atoms with Crippen LogP contribution in [-0.4, -0.2) is 6.61 Å². The first-order valence-corrected chi connectivity index (χ1v) is 8.12. The van der Waals surface area contributed by atoms with E-state index in [0.29, 0.717) is 12.5 Å². The molecule has 0 aliphatic carbocycles. The number of halogens is 2. The summed E-state index contributed by atoms with van der Waals surface area (Å²) in [7, 11) is 0. The van der Waals surface area contributed by atoms with Gasteiger partial charge in [-0.15, -0.1) is 0 Å². The monoisotopic (exact) mass is 367 g/mol. The third-order valence-corrected chi connectivity index (χ3v) is 3.77. The van der Waals surface area contributed by atoms with Gasteiger partial charge in [0.15, 0.2) is 0 Å². The summed E-state index contributed by atoms with van der Waals surface area (Å²) in [6, 6.07) is 13.8. The van der Waals surface area contributed by atoms with Gasteiger partial charge in [-0.05, 0) is 41.8 Å². The standard InChI is InChI=1S/C17H19BrClNO/c1-12(2)11-21-16-5-3-4-15(9-16)20-10-13-8-14(18)6-7-17(13)19/h3-9,12,20H,10-11H2,1-2H3. The molecular formula is C17H19BrClNO. The van der Waals surface area contributed by atoms with Gasteiger partial charge in [-0.2, -0.15) is 0 Å². The molecule has 0 spiro atoms. The lowest BCUT2D eigenvalue weighted by molar-refractivity contribution is 0.271. The SMILES string of the molecule is CC(C)COc1cccc(NCc2cc(Br)ccc2Cl)c1. The van der Waals surface area contributed by atoms with Crippen LogP contribution in [-0.2, 0) is 6.54 Å². The molecule has 0 aromatic heterocycles. The van der Waals surface area contributed by atoms with Crippen molar-refractivity contribution in [1.29, 1.82) is 0 Å². The summed E-state index contributed by atoms with van der Waals surface area (Å²) in [6.07, 6.45) is 0. The molecule has 0 fully saturated rings. The van der Waals surface area contributed by atoms with E-state index in [1.807, 2.05) is 42.5 Å². The molecule has 2 aromatic carbocycles. The Morgan fingerprint density at radius 2 is 2.00 bits per heavy atom. The molecule has 0 unspecified atom stereocenters. The molecule has 0 saturated carbocycles. The maximum Gasteiger partial charge on any atom is 0.121 e. The molecule has 0 bridgehead atoms. The molecule has 2 nitrogen and oxygen atoms in total. The average molecular weight is 369 g/mol. The summed E-state index contributed by atoms with van der Waals surface area (Å²) in [6.45, 7) is 5.67. The third kappa shape index (κ3) is 5.25. The van der Waals surface area contributed by atoms with Gasteiger partial charge in [-0.25, -0.2) is 0 Å². The minimum atomic E-state index is 0.516. The zero-order valence-electron chi connectivity index (χ0n) is 12.2. The zero-order valence-corrected chi connectivity index (χ0v) is 14.5. The predicted octanol–water partition coefficient (Wildman–Crippen LogP) is 5.75. The van der Waals surface area contributed by atoms with Crippen LogP contribution >= 0.6 is 27.5 Å². The first-order valence-electron chi connectivity index (χ1n) is 6.95. The smallest absolute Gasteiger partial charge is 0.121 e. The van der Waals surface area contributed by atoms with Crippen LogP contribution < -0.4 is 10.1 Å². The Bertz CT molecular complexity index is 601. The van der Waals surface area contributed by atoms with Crippen molar-refractivity contribution in [3.8, 4) is 5.75 Å². The molecule has 112 valence electrons. The molecule has 21 heavy (non-hydrogen) atoms. The van der Waals surface area contributed by atoms with E-state index in [2.05, 4.69) is 35.1 Å². The number of anilines is 1. The average Bonchev–Trinajstić information content (AvgIpc) is 2.46. The van der Waals surface area contributed by atoms with Gasteiger partial charge in [-0.1, -0.05) is 47.4 Å². The predicted molar refractivity (Wildman–Crippen MR) is 93.3 cm³/mol. The van der Waals surface area contributed by atoms with E-state index in [4.69, 9.17) is 16.3 Å². The van der Waals surface area contributed by atoms with Gasteiger partial charge >= 0.3 is 0 Å². The highest BCUT2D eigenvalue weighted by atomic mass is 79.9. The van der Waals surface area contributed by atoms with E-state index in [9.17, 15) is 0 Å². The number of hydrogen-bond donors (Lipinski definition) is 1. The molecular weight excluding hydrogens is 350 g/mol. The topological polar surface area (TPSA) is 21.3 Å². The van der Waals surface area contributed by atoms with Crippen molar-refractivity contribution in [2.45, 2.75) is 20.4 Å². The highest BCUT2D eigenvalue weighted by molar-refractivity contribution is 9.10. The molecule has 0 aliphatic rings. The van der Waals surface area contributed by atoms with Gasteiger partial charge in [0, 0.05) is 27.8 Å². The Morgan fingerprint density at radius 1 is 1.19 bits per heavy atom. The minimum absolute atomic E-state index is 0.516. The van der Waals surface area contributed by atoms with Crippen molar-refractivity contribution in [3.63, 3.8) is 0 Å². The lowest BCUT2D eigenvalue weighted by Gasteiger charge is -2.12. The first kappa shape index (κ1) is 16.2. The van der Waals surface area contributed by atoms with E-state index in [1.165, 1.54) is 0 Å². The number of hydrogen-bond acceptors (Lipinski definition) is 2. The normalized spacial score (nSPS) is 10.7. The van der Waals surface area contributed by atoms with Crippen LogP contribution in [0.5, 0.6) is 5.75 Å². The molecule has 0 saturated heterocycles. The van der Waals surface area contributed by atoms with Gasteiger partial charge in [0.2, 0.25) is 0 Å². The second-order valence-electron chi connectivity index (χ2n) is 5.32. The van der Waals surface area contributed by atoms with Crippen LogP contribution in [0.2, 0.25) is 5.02 Å². The van der Waals surface area contributed by atoms with Crippen molar-refractivity contribution >= 4 is 33.2 Å². The highest BCUT2D eigenvalue weighted by Gasteiger charge is 2.03. The fourth-order valence-corrected chi connectivity index (χ4v) is 2.43. The maximum atomic E-state index is 6.19. The number of rotatable bonds is 6. The van der Waals surface area contributed by atoms with Crippen molar-refractivity contribution in [3.05, 3.63) is 57.5 Å². The molecule has 2 rings (SSSR count). The lowest BCUT2D eigenvalue weighted by atomic mass is 10.2. The second kappa shape index (κ2) is 7.71. The molecule has 0 radical (unpaired) electrons. The van der Waals surface area contributed by atoms with Crippen molar-refractivity contribution in [1.82, 2.24) is 0 Å². The van der Waals surface area contributed by atoms with Gasteiger partial charge in [0.05, 0.1) is 6.61 Å². The van der Waals surface area contributed by atoms with E-state index >= 15 is 0 Å². The van der Waals surface area contributed by atoms with Crippen LogP contribution in [0.3, 0.4) is 0 Å². The van der Waals surface area contributed by atoms with Crippen LogP contribution in [0, 0.1) is 5.92 Å². The van der Waals surface area contributed by atoms with Crippen molar-refractivity contribution in [2.24, 2.45) is 5.92 Å². The Labute approximate surface area is 139 Å². The number of ether oxygens (including phenoxy) is 1. The third-order valence-electron chi connectivity index (χ3n) is 2.91. The number of benzene rings is 2. The van der Waals surface area contributed by atoms with Gasteiger partial charge < -0.3 is 10.1 Å². The number of nitrogens with one attached hydrogen (secondary N) is 1. The fourth-order valence-electron chi connectivity index (χ4n) is 1.83. The summed E-state index contributed by atoms with van der Waals surface area (Å²) < 4.78 is 6.76. The summed E-state index contributed by atoms with van der Waals surface area (Å²) in [5.74, 6) is 1.40. The fraction of sp³-hybridized carbons (Fsp3) is 0.294. The zero-order chi connectivity index (χ0) is 15.2. The largest absolute Gasteiger partial charge is 0.493 e. The van der Waals surface area contributed by atoms with E-state index in [-0.39, 0.29) is 0 Å². The lowest BCUT2D eigenvalue weighted by Crippen LogP contribution is -2.05. The highest BCUT2D eigenvalue weighted by Crippen LogP contribution is 2.23. The Balaban J connectivity index is 1.99. The molecule has 0 heterocycles. The summed E-state index contributed by atoms with van der Waals surface area (Å²) in [5, 5.41) is 4.13. The van der Waals surface area contributed by atoms with Crippen LogP contribution in [0.1, 0.15) is 19.4 Å². The van der Waals surface area contributed by atoms with Gasteiger partial charge in [0.1, 0.15) is 5.75 Å². The van der Waals surface area contributed by atoms with Crippen molar-refractivity contribution < 1.29 is 4.74 Å². The van der Waals surface area contributed by atoms with Gasteiger partial charge in [-0.3, -0.25) is 0 Å². The summed E-state index contributed by atoms with van der Waals surface area (Å²) in [4.78, 5) is 0. The van der Waals surface area contributed by atoms with Crippen molar-refractivity contribution in [2.75, 3.05) is 11.9 Å². The molecule has 1 N–H and O–H groups in total. The molecule has 0 aliphatic heterocycles. The Kier molecular flexibility index (Phi) is 5.95. The Hall–Kier alpha value is -1.19. The second-order valence-corrected chi connectivity index (χ2v) is 6.64. The maximum absolute atomic E-state index is 6.19. The molecule has 0 atom stereocenters.